The third-order valence-corrected chi connectivity index (χ3v) is 6.94. The van der Waals surface area contributed by atoms with Crippen molar-refractivity contribution in [2.75, 3.05) is 5.32 Å². The van der Waals surface area contributed by atoms with Gasteiger partial charge >= 0.3 is 0 Å². The van der Waals surface area contributed by atoms with Gasteiger partial charge in [-0.3, -0.25) is 9.88 Å². The molecule has 5 aromatic rings. The molecule has 0 spiro atoms. The largest absolute Gasteiger partial charge is 0.366 e. The van der Waals surface area contributed by atoms with Gasteiger partial charge in [0, 0.05) is 25.5 Å². The van der Waals surface area contributed by atoms with E-state index in [1.54, 1.807) is 6.20 Å². The van der Waals surface area contributed by atoms with Crippen molar-refractivity contribution in [3.63, 3.8) is 0 Å². The number of aromatic amines is 1. The summed E-state index contributed by atoms with van der Waals surface area (Å²) < 4.78 is 0. The van der Waals surface area contributed by atoms with Crippen molar-refractivity contribution in [2.24, 2.45) is 0 Å². The van der Waals surface area contributed by atoms with Crippen molar-refractivity contribution < 1.29 is 0 Å². The van der Waals surface area contributed by atoms with Gasteiger partial charge in [-0.05, 0) is 66.3 Å². The quantitative estimate of drug-likeness (QED) is 0.287. The topological polar surface area (TPSA) is 69.7 Å². The van der Waals surface area contributed by atoms with E-state index in [1.807, 2.05) is 36.5 Å². The van der Waals surface area contributed by atoms with Crippen LogP contribution in [0, 0.1) is 0 Å². The number of nitrogens with one attached hydrogen (secondary N) is 2. The summed E-state index contributed by atoms with van der Waals surface area (Å²) in [5.41, 5.74) is 7.21. The number of pyridine rings is 2. The molecule has 0 saturated carbocycles. The van der Waals surface area contributed by atoms with E-state index in [0.29, 0.717) is 0 Å². The second-order valence-corrected chi connectivity index (χ2v) is 9.45. The fraction of sp³-hybridized carbons (Fsp3) is 0.233. The molecule has 6 rings (SSSR count). The van der Waals surface area contributed by atoms with Crippen LogP contribution in [0.2, 0.25) is 0 Å². The first-order valence-electron chi connectivity index (χ1n) is 12.7. The number of hydrogen-bond donors (Lipinski definition) is 2. The van der Waals surface area contributed by atoms with Crippen LogP contribution < -0.4 is 5.32 Å². The molecule has 1 atom stereocenters. The number of anilines is 1. The lowest BCUT2D eigenvalue weighted by molar-refractivity contribution is 0.153. The molecule has 2 aromatic carbocycles. The van der Waals surface area contributed by atoms with Gasteiger partial charge in [0.25, 0.3) is 0 Å². The number of rotatable bonds is 8. The Kier molecular flexibility index (Phi) is 6.42. The third-order valence-electron chi connectivity index (χ3n) is 6.94. The maximum atomic E-state index is 4.88. The molecule has 0 bridgehead atoms. The second-order valence-electron chi connectivity index (χ2n) is 9.45. The Morgan fingerprint density at radius 2 is 1.67 bits per heavy atom. The number of aromatic nitrogens is 4. The Labute approximate surface area is 211 Å². The summed E-state index contributed by atoms with van der Waals surface area (Å²) >= 11 is 0. The first-order chi connectivity index (χ1) is 17.8. The standard InChI is InChI=1S/C30H30N6/c1-2-10-26-25(9-1)34-29(35-26)21-36(27-11-5-7-24-8-6-18-32-30(24)27)20-23-15-13-22(14-16-23)19-33-28-12-3-4-17-31-28/h1-4,6,8-10,12-18,27H,5,7,11,19-21H2,(H,31,33)(H,34,35). The van der Waals surface area contributed by atoms with Crippen LogP contribution in [-0.2, 0) is 26.1 Å². The average Bonchev–Trinajstić information content (AvgIpc) is 3.35. The van der Waals surface area contributed by atoms with Gasteiger partial charge in [-0.15, -0.1) is 0 Å². The maximum absolute atomic E-state index is 4.88. The smallest absolute Gasteiger partial charge is 0.126 e. The molecule has 1 aliphatic carbocycles. The number of nitrogens with zero attached hydrogens (tertiary/aromatic N) is 4. The Bertz CT molecular complexity index is 1390. The van der Waals surface area contributed by atoms with Crippen LogP contribution in [0.15, 0.2) is 91.3 Å². The average molecular weight is 475 g/mol. The number of aryl methyl sites for hydroxylation is 1. The predicted octanol–water partition coefficient (Wildman–Crippen LogP) is 6.04. The van der Waals surface area contributed by atoms with Gasteiger partial charge < -0.3 is 10.3 Å². The maximum Gasteiger partial charge on any atom is 0.126 e. The van der Waals surface area contributed by atoms with Gasteiger partial charge in [0.1, 0.15) is 11.6 Å². The summed E-state index contributed by atoms with van der Waals surface area (Å²) in [5, 5.41) is 3.39. The molecule has 0 amide bonds. The molecule has 36 heavy (non-hydrogen) atoms. The van der Waals surface area contributed by atoms with Crippen molar-refractivity contribution in [1.82, 2.24) is 24.8 Å². The molecule has 1 unspecified atom stereocenters. The normalized spacial score (nSPS) is 15.2. The summed E-state index contributed by atoms with van der Waals surface area (Å²) in [6.07, 6.45) is 7.13. The van der Waals surface area contributed by atoms with E-state index >= 15 is 0 Å². The molecule has 6 heteroatoms. The Morgan fingerprint density at radius 1 is 0.833 bits per heavy atom. The number of hydrogen-bond acceptors (Lipinski definition) is 5. The Balaban J connectivity index is 1.23. The molecule has 2 N–H and O–H groups in total. The lowest BCUT2D eigenvalue weighted by Gasteiger charge is -2.34. The minimum Gasteiger partial charge on any atom is -0.366 e. The first-order valence-corrected chi connectivity index (χ1v) is 12.7. The van der Waals surface area contributed by atoms with E-state index in [0.717, 1.165) is 55.2 Å². The molecule has 0 fully saturated rings. The SMILES string of the molecule is c1ccc(NCc2ccc(CN(Cc3nc4ccccc4[nH]3)C3CCCc4cccnc43)cc2)nc1. The Morgan fingerprint density at radius 3 is 2.53 bits per heavy atom. The molecule has 0 saturated heterocycles. The highest BCUT2D eigenvalue weighted by Gasteiger charge is 2.28. The van der Waals surface area contributed by atoms with Crippen LogP contribution in [0.25, 0.3) is 11.0 Å². The first kappa shape index (κ1) is 22.4. The molecule has 3 heterocycles. The zero-order chi connectivity index (χ0) is 24.2. The van der Waals surface area contributed by atoms with Crippen molar-refractivity contribution in [3.05, 3.63) is 119 Å². The van der Waals surface area contributed by atoms with Crippen molar-refractivity contribution >= 4 is 16.9 Å². The minimum absolute atomic E-state index is 0.272. The van der Waals surface area contributed by atoms with E-state index in [9.17, 15) is 0 Å². The summed E-state index contributed by atoms with van der Waals surface area (Å²) in [6.45, 7) is 2.34. The third kappa shape index (κ3) is 4.99. The van der Waals surface area contributed by atoms with Gasteiger partial charge in [-0.1, -0.05) is 48.5 Å². The van der Waals surface area contributed by atoms with Crippen LogP contribution in [0.5, 0.6) is 0 Å². The lowest BCUT2D eigenvalue weighted by atomic mass is 9.90. The van der Waals surface area contributed by atoms with Crippen LogP contribution in [0.1, 0.15) is 47.1 Å². The van der Waals surface area contributed by atoms with Crippen LogP contribution in [0.4, 0.5) is 5.82 Å². The van der Waals surface area contributed by atoms with Crippen LogP contribution in [0.3, 0.4) is 0 Å². The number of imidazole rings is 1. The van der Waals surface area contributed by atoms with E-state index in [2.05, 4.69) is 68.7 Å². The summed E-state index contributed by atoms with van der Waals surface area (Å²) in [7, 11) is 0. The van der Waals surface area contributed by atoms with Gasteiger partial charge in [-0.2, -0.15) is 0 Å². The van der Waals surface area contributed by atoms with E-state index in [1.165, 1.54) is 28.8 Å². The molecule has 3 aromatic heterocycles. The number of benzene rings is 2. The van der Waals surface area contributed by atoms with Gasteiger partial charge in [-0.25, -0.2) is 9.97 Å². The van der Waals surface area contributed by atoms with E-state index < -0.39 is 0 Å². The summed E-state index contributed by atoms with van der Waals surface area (Å²) in [5.74, 6) is 1.89. The van der Waals surface area contributed by atoms with Crippen molar-refractivity contribution in [3.8, 4) is 0 Å². The highest BCUT2D eigenvalue weighted by molar-refractivity contribution is 5.74. The van der Waals surface area contributed by atoms with Gasteiger partial charge in [0.05, 0.1) is 29.3 Å². The number of fused-ring (bicyclic) bond motifs is 2. The molecular formula is C30H30N6. The fourth-order valence-electron chi connectivity index (χ4n) is 5.15. The van der Waals surface area contributed by atoms with Crippen molar-refractivity contribution in [1.29, 1.82) is 0 Å². The number of para-hydroxylation sites is 2. The molecule has 0 aliphatic heterocycles. The second kappa shape index (κ2) is 10.3. The zero-order valence-electron chi connectivity index (χ0n) is 20.3. The zero-order valence-corrected chi connectivity index (χ0v) is 20.3. The van der Waals surface area contributed by atoms with Crippen LogP contribution in [-0.4, -0.2) is 24.8 Å². The highest BCUT2D eigenvalue weighted by atomic mass is 15.2. The molecule has 6 nitrogen and oxygen atoms in total. The van der Waals surface area contributed by atoms with Crippen molar-refractivity contribution in [2.45, 2.75) is 44.9 Å². The lowest BCUT2D eigenvalue weighted by Crippen LogP contribution is -2.31. The van der Waals surface area contributed by atoms with Gasteiger partial charge in [0.2, 0.25) is 0 Å². The molecular weight excluding hydrogens is 444 g/mol. The predicted molar refractivity (Wildman–Crippen MR) is 143 cm³/mol. The van der Waals surface area contributed by atoms with E-state index in [4.69, 9.17) is 9.97 Å². The monoisotopic (exact) mass is 474 g/mol. The molecule has 180 valence electrons. The van der Waals surface area contributed by atoms with E-state index in [-0.39, 0.29) is 6.04 Å². The number of H-pyrrole nitrogens is 1. The summed E-state index contributed by atoms with van der Waals surface area (Å²) in [6, 6.07) is 27.6. The van der Waals surface area contributed by atoms with Gasteiger partial charge in [0.15, 0.2) is 0 Å². The highest BCUT2D eigenvalue weighted by Crippen LogP contribution is 2.34. The van der Waals surface area contributed by atoms with Crippen LogP contribution >= 0.6 is 0 Å². The molecule has 1 aliphatic rings. The summed E-state index contributed by atoms with van der Waals surface area (Å²) in [4.78, 5) is 20.1. The fourth-order valence-corrected chi connectivity index (χ4v) is 5.15. The Hall–Kier alpha value is -4.03. The molecule has 0 radical (unpaired) electrons. The minimum atomic E-state index is 0.272.